The van der Waals surface area contributed by atoms with Crippen molar-refractivity contribution in [1.82, 2.24) is 24.8 Å². The van der Waals surface area contributed by atoms with E-state index < -0.39 is 0 Å². The van der Waals surface area contributed by atoms with Crippen molar-refractivity contribution >= 4 is 46.1 Å². The van der Waals surface area contributed by atoms with Gasteiger partial charge in [-0.3, -0.25) is 10.1 Å². The van der Waals surface area contributed by atoms with Gasteiger partial charge in [0, 0.05) is 50.7 Å². The number of rotatable bonds is 7. The Bertz CT molecular complexity index is 999. The number of thioether (sulfide) groups is 1. The summed E-state index contributed by atoms with van der Waals surface area (Å²) in [6.07, 6.45) is 17.1. The molecule has 5 rings (SSSR count). The molecule has 2 aromatic rings. The first-order chi connectivity index (χ1) is 18.2. The average Bonchev–Trinajstić information content (AvgIpc) is 3.40. The van der Waals surface area contributed by atoms with E-state index in [1.165, 1.54) is 61.6 Å². The third-order valence-electron chi connectivity index (χ3n) is 7.67. The van der Waals surface area contributed by atoms with Crippen molar-refractivity contribution in [2.24, 2.45) is 0 Å². The minimum atomic E-state index is 0.000966. The molecule has 3 fully saturated rings. The Morgan fingerprint density at radius 2 is 1.54 bits per heavy atom. The summed E-state index contributed by atoms with van der Waals surface area (Å²) in [4.78, 5) is 45.5. The lowest BCUT2D eigenvalue weighted by molar-refractivity contribution is -0.128. The Labute approximate surface area is 227 Å². The van der Waals surface area contributed by atoms with E-state index in [0.717, 1.165) is 43.0 Å². The number of thiazole rings is 1. The van der Waals surface area contributed by atoms with E-state index in [0.29, 0.717) is 42.0 Å². The number of hydrogen-bond acceptors (Lipinski definition) is 8. The summed E-state index contributed by atoms with van der Waals surface area (Å²) < 4.78 is 0.946. The predicted octanol–water partition coefficient (Wildman–Crippen LogP) is 4.87. The fraction of sp³-hybridized carbons (Fsp3) is 0.654. The highest BCUT2D eigenvalue weighted by Crippen LogP contribution is 2.32. The van der Waals surface area contributed by atoms with Crippen molar-refractivity contribution in [3.63, 3.8) is 0 Å². The number of piperazine rings is 1. The third kappa shape index (κ3) is 6.93. The lowest BCUT2D eigenvalue weighted by atomic mass is 9.89. The molecule has 2 aliphatic carbocycles. The number of nitrogens with one attached hydrogen (secondary N) is 1. The Morgan fingerprint density at radius 3 is 2.16 bits per heavy atom. The molecule has 200 valence electrons. The van der Waals surface area contributed by atoms with Gasteiger partial charge in [-0.05, 0) is 31.7 Å². The van der Waals surface area contributed by atoms with Crippen LogP contribution in [-0.2, 0) is 4.79 Å². The van der Waals surface area contributed by atoms with Gasteiger partial charge in [-0.15, -0.1) is 11.8 Å². The molecular weight excluding hydrogens is 506 g/mol. The number of aromatic nitrogens is 3. The minimum absolute atomic E-state index is 0.000966. The third-order valence-corrected chi connectivity index (χ3v) is 9.77. The number of carbonyl (C=O) groups excluding carboxylic acids is 2. The lowest BCUT2D eigenvalue weighted by Gasteiger charge is -2.41. The largest absolute Gasteiger partial charge is 0.338 e. The topological polar surface area (TPSA) is 94.6 Å². The molecule has 1 N–H and O–H groups in total. The van der Waals surface area contributed by atoms with Crippen LogP contribution in [-0.4, -0.2) is 80.7 Å². The highest BCUT2D eigenvalue weighted by Gasteiger charge is 2.33. The Morgan fingerprint density at radius 1 is 0.919 bits per heavy atom. The zero-order valence-corrected chi connectivity index (χ0v) is 23.0. The molecule has 0 bridgehead atoms. The molecule has 0 aromatic carbocycles. The van der Waals surface area contributed by atoms with Gasteiger partial charge in [0.05, 0.1) is 16.2 Å². The van der Waals surface area contributed by atoms with E-state index in [-0.39, 0.29) is 11.9 Å². The quantitative estimate of drug-likeness (QED) is 0.498. The van der Waals surface area contributed by atoms with Gasteiger partial charge in [0.2, 0.25) is 11.9 Å². The monoisotopic (exact) mass is 543 g/mol. The Kier molecular flexibility index (Phi) is 9.14. The summed E-state index contributed by atoms with van der Waals surface area (Å²) in [6.45, 7) is 2.80. The molecule has 3 heterocycles. The number of nitrogens with zero attached hydrogens (tertiary/aromatic N) is 6. The fourth-order valence-corrected chi connectivity index (χ4v) is 7.49. The smallest absolute Gasteiger partial charge is 0.324 e. The van der Waals surface area contributed by atoms with Crippen LogP contribution in [0, 0.1) is 0 Å². The number of urea groups is 1. The summed E-state index contributed by atoms with van der Waals surface area (Å²) >= 11 is 2.95. The maximum atomic E-state index is 13.4. The van der Waals surface area contributed by atoms with E-state index in [1.807, 2.05) is 4.90 Å². The number of carbonyl (C=O) groups is 2. The van der Waals surface area contributed by atoms with E-state index in [9.17, 15) is 9.59 Å². The molecule has 3 amide bonds. The van der Waals surface area contributed by atoms with Gasteiger partial charge in [-0.25, -0.2) is 19.7 Å². The van der Waals surface area contributed by atoms with Crippen LogP contribution in [0.25, 0.3) is 0 Å². The lowest BCUT2D eigenvalue weighted by Crippen LogP contribution is -2.50. The van der Waals surface area contributed by atoms with Crippen LogP contribution in [0.4, 0.5) is 15.9 Å². The van der Waals surface area contributed by atoms with Crippen LogP contribution in [0.15, 0.2) is 28.9 Å². The van der Waals surface area contributed by atoms with Gasteiger partial charge in [0.25, 0.3) is 0 Å². The van der Waals surface area contributed by atoms with Crippen molar-refractivity contribution in [3.8, 4) is 0 Å². The molecule has 1 aliphatic heterocycles. The first kappa shape index (κ1) is 26.2. The van der Waals surface area contributed by atoms with Gasteiger partial charge >= 0.3 is 6.03 Å². The molecule has 9 nitrogen and oxygen atoms in total. The summed E-state index contributed by atoms with van der Waals surface area (Å²) in [5, 5.41) is 3.72. The number of anilines is 2. The molecule has 0 radical (unpaired) electrons. The molecule has 11 heteroatoms. The SMILES string of the molecule is O=C(CSc1cnc(NC(=O)N(C2CCCCC2)C2CCCCC2)s1)N1CCN(c2ncccn2)CC1. The molecule has 0 atom stereocenters. The second-order valence-electron chi connectivity index (χ2n) is 10.1. The first-order valence-electron chi connectivity index (χ1n) is 13.6. The molecule has 0 spiro atoms. The average molecular weight is 544 g/mol. The van der Waals surface area contributed by atoms with Crippen molar-refractivity contribution in [1.29, 1.82) is 0 Å². The zero-order chi connectivity index (χ0) is 25.5. The summed E-state index contributed by atoms with van der Waals surface area (Å²) in [5.74, 6) is 1.21. The van der Waals surface area contributed by atoms with Gasteiger partial charge in [0.1, 0.15) is 0 Å². The first-order valence-corrected chi connectivity index (χ1v) is 15.5. The summed E-state index contributed by atoms with van der Waals surface area (Å²) in [7, 11) is 0. The van der Waals surface area contributed by atoms with Crippen molar-refractivity contribution in [2.75, 3.05) is 42.1 Å². The van der Waals surface area contributed by atoms with Crippen LogP contribution in [0.5, 0.6) is 0 Å². The molecule has 2 saturated carbocycles. The molecule has 1 saturated heterocycles. The maximum absolute atomic E-state index is 13.4. The van der Waals surface area contributed by atoms with E-state index in [4.69, 9.17) is 0 Å². The fourth-order valence-electron chi connectivity index (χ4n) is 5.72. The van der Waals surface area contributed by atoms with Crippen LogP contribution in [0.2, 0.25) is 0 Å². The minimum Gasteiger partial charge on any atom is -0.338 e. The molecule has 2 aromatic heterocycles. The van der Waals surface area contributed by atoms with Crippen molar-refractivity contribution in [2.45, 2.75) is 80.5 Å². The summed E-state index contributed by atoms with van der Waals surface area (Å²) in [5.41, 5.74) is 0. The Balaban J connectivity index is 1.11. The Hall–Kier alpha value is -2.40. The van der Waals surface area contributed by atoms with Crippen LogP contribution in [0.3, 0.4) is 0 Å². The van der Waals surface area contributed by atoms with Crippen molar-refractivity contribution < 1.29 is 9.59 Å². The molecular formula is C26H37N7O2S2. The summed E-state index contributed by atoms with van der Waals surface area (Å²) in [6, 6.07) is 2.50. The number of hydrogen-bond donors (Lipinski definition) is 1. The normalized spacial score (nSPS) is 19.6. The predicted molar refractivity (Wildman–Crippen MR) is 148 cm³/mol. The van der Waals surface area contributed by atoms with Crippen LogP contribution >= 0.6 is 23.1 Å². The van der Waals surface area contributed by atoms with Gasteiger partial charge < -0.3 is 14.7 Å². The van der Waals surface area contributed by atoms with Crippen LogP contribution < -0.4 is 10.2 Å². The highest BCUT2D eigenvalue weighted by molar-refractivity contribution is 8.01. The molecule has 37 heavy (non-hydrogen) atoms. The molecule has 3 aliphatic rings. The van der Waals surface area contributed by atoms with Gasteiger partial charge in [-0.1, -0.05) is 49.9 Å². The zero-order valence-electron chi connectivity index (χ0n) is 21.4. The van der Waals surface area contributed by atoms with Gasteiger partial charge in [-0.2, -0.15) is 0 Å². The number of amides is 3. The molecule has 0 unspecified atom stereocenters. The second kappa shape index (κ2) is 12.9. The maximum Gasteiger partial charge on any atom is 0.324 e. The van der Waals surface area contributed by atoms with E-state index >= 15 is 0 Å². The van der Waals surface area contributed by atoms with Crippen LogP contribution in [0.1, 0.15) is 64.2 Å². The second-order valence-corrected chi connectivity index (χ2v) is 12.4. The van der Waals surface area contributed by atoms with Gasteiger partial charge in [0.15, 0.2) is 5.13 Å². The highest BCUT2D eigenvalue weighted by atomic mass is 32.2. The van der Waals surface area contributed by atoms with Crippen molar-refractivity contribution in [3.05, 3.63) is 24.7 Å². The van der Waals surface area contributed by atoms with E-state index in [2.05, 4.69) is 30.1 Å². The van der Waals surface area contributed by atoms with E-state index in [1.54, 1.807) is 24.7 Å². The standard InChI is InChI=1S/C26H37N7O2S2/c34-22(31-14-16-32(17-15-31)24-27-12-7-13-28-24)19-36-23-18-29-25(37-23)30-26(35)33(20-8-3-1-4-9-20)21-10-5-2-6-11-21/h7,12-13,18,20-21H,1-6,8-11,14-17,19H2,(H,29,30,35).